The molecule has 1 atom stereocenters. The van der Waals surface area contributed by atoms with E-state index in [-0.39, 0.29) is 18.9 Å². The van der Waals surface area contributed by atoms with Crippen molar-refractivity contribution in [3.8, 4) is 11.5 Å². The van der Waals surface area contributed by atoms with E-state index in [9.17, 15) is 4.79 Å². The second kappa shape index (κ2) is 8.58. The lowest BCUT2D eigenvalue weighted by atomic mass is 10.1. The highest BCUT2D eigenvalue weighted by Crippen LogP contribution is 2.34. The fraction of sp³-hybridized carbons (Fsp3) is 0.350. The van der Waals surface area contributed by atoms with Gasteiger partial charge in [0.25, 0.3) is 0 Å². The molecule has 2 aromatic carbocycles. The van der Waals surface area contributed by atoms with Crippen molar-refractivity contribution in [3.05, 3.63) is 54.1 Å². The lowest BCUT2D eigenvalue weighted by Gasteiger charge is -2.30. The number of hydrogen-bond donors (Lipinski definition) is 2. The average Bonchev–Trinajstić information content (AvgIpc) is 3.13. The molecule has 2 amide bonds. The Balaban J connectivity index is 1.62. The van der Waals surface area contributed by atoms with Gasteiger partial charge in [-0.25, -0.2) is 4.79 Å². The largest absolute Gasteiger partial charge is 0.454 e. The van der Waals surface area contributed by atoms with E-state index in [1.807, 2.05) is 18.2 Å². The number of ether oxygens (including phenoxy) is 2. The van der Waals surface area contributed by atoms with Crippen LogP contribution in [0.5, 0.6) is 11.5 Å². The highest BCUT2D eigenvalue weighted by Gasteiger charge is 2.19. The molecule has 0 aromatic heterocycles. The van der Waals surface area contributed by atoms with Crippen molar-refractivity contribution in [2.24, 2.45) is 0 Å². The number of hydrogen-bond acceptors (Lipinski definition) is 4. The van der Waals surface area contributed by atoms with E-state index in [2.05, 4.69) is 41.5 Å². The monoisotopic (exact) mass is 355 g/mol. The summed E-state index contributed by atoms with van der Waals surface area (Å²) >= 11 is 0. The van der Waals surface area contributed by atoms with Crippen molar-refractivity contribution in [3.63, 3.8) is 0 Å². The number of rotatable bonds is 7. The highest BCUT2D eigenvalue weighted by atomic mass is 16.7. The zero-order chi connectivity index (χ0) is 18.4. The van der Waals surface area contributed by atoms with Crippen LogP contribution in [0.15, 0.2) is 48.5 Å². The van der Waals surface area contributed by atoms with Gasteiger partial charge in [0.1, 0.15) is 0 Å². The number of likely N-dealkylation sites (N-methyl/N-ethyl adjacent to an activating group) is 1. The Kier molecular flexibility index (Phi) is 5.96. The van der Waals surface area contributed by atoms with Crippen LogP contribution in [0.25, 0.3) is 0 Å². The zero-order valence-electron chi connectivity index (χ0n) is 15.2. The lowest BCUT2D eigenvalue weighted by molar-refractivity contribution is 0.174. The van der Waals surface area contributed by atoms with Crippen LogP contribution in [0.2, 0.25) is 0 Å². The summed E-state index contributed by atoms with van der Waals surface area (Å²) in [5, 5.41) is 5.83. The molecule has 0 saturated heterocycles. The SMILES string of the molecule is CCN(CC)[C@@H](CNC(=O)Nc1ccc2c(c1)OCO2)c1ccccc1. The summed E-state index contributed by atoms with van der Waals surface area (Å²) in [4.78, 5) is 14.7. The maximum absolute atomic E-state index is 12.3. The molecule has 1 aliphatic rings. The Morgan fingerprint density at radius 2 is 1.81 bits per heavy atom. The van der Waals surface area contributed by atoms with Crippen LogP contribution in [0.1, 0.15) is 25.5 Å². The van der Waals surface area contributed by atoms with Gasteiger partial charge >= 0.3 is 6.03 Å². The predicted molar refractivity (Wildman–Crippen MR) is 102 cm³/mol. The first-order valence-corrected chi connectivity index (χ1v) is 8.94. The minimum absolute atomic E-state index is 0.133. The van der Waals surface area contributed by atoms with Crippen LogP contribution < -0.4 is 20.1 Å². The van der Waals surface area contributed by atoms with E-state index in [1.54, 1.807) is 18.2 Å². The van der Waals surface area contributed by atoms with E-state index in [0.717, 1.165) is 13.1 Å². The zero-order valence-corrected chi connectivity index (χ0v) is 15.2. The maximum Gasteiger partial charge on any atom is 0.319 e. The van der Waals surface area contributed by atoms with Gasteiger partial charge < -0.3 is 20.1 Å². The van der Waals surface area contributed by atoms with Crippen molar-refractivity contribution in [1.82, 2.24) is 10.2 Å². The summed E-state index contributed by atoms with van der Waals surface area (Å²) in [6.45, 7) is 6.84. The summed E-state index contributed by atoms with van der Waals surface area (Å²) < 4.78 is 10.6. The van der Waals surface area contributed by atoms with Crippen LogP contribution >= 0.6 is 0 Å². The van der Waals surface area contributed by atoms with Crippen LogP contribution in [-0.4, -0.2) is 37.4 Å². The highest BCUT2D eigenvalue weighted by molar-refractivity contribution is 5.89. The van der Waals surface area contributed by atoms with Crippen molar-refractivity contribution >= 4 is 11.7 Å². The molecule has 1 aliphatic heterocycles. The van der Waals surface area contributed by atoms with Gasteiger partial charge in [0.2, 0.25) is 6.79 Å². The Hall–Kier alpha value is -2.73. The van der Waals surface area contributed by atoms with Gasteiger partial charge in [0, 0.05) is 18.3 Å². The normalized spacial score (nSPS) is 13.5. The fourth-order valence-corrected chi connectivity index (χ4v) is 3.14. The summed E-state index contributed by atoms with van der Waals surface area (Å²) in [5.41, 5.74) is 1.87. The second-order valence-electron chi connectivity index (χ2n) is 6.05. The molecule has 138 valence electrons. The molecule has 6 heteroatoms. The molecule has 26 heavy (non-hydrogen) atoms. The van der Waals surface area contributed by atoms with E-state index in [1.165, 1.54) is 5.56 Å². The topological polar surface area (TPSA) is 62.8 Å². The first-order chi connectivity index (χ1) is 12.7. The molecule has 1 heterocycles. The molecule has 0 fully saturated rings. The summed E-state index contributed by atoms with van der Waals surface area (Å²) in [7, 11) is 0. The molecule has 0 spiro atoms. The minimum Gasteiger partial charge on any atom is -0.454 e. The molecule has 6 nitrogen and oxygen atoms in total. The van der Waals surface area contributed by atoms with E-state index < -0.39 is 0 Å². The number of anilines is 1. The van der Waals surface area contributed by atoms with Crippen molar-refractivity contribution in [1.29, 1.82) is 0 Å². The number of amides is 2. The Bertz CT molecular complexity index is 732. The number of urea groups is 1. The van der Waals surface area contributed by atoms with E-state index >= 15 is 0 Å². The molecule has 0 saturated carbocycles. The predicted octanol–water partition coefficient (Wildman–Crippen LogP) is 3.62. The molecule has 0 unspecified atom stereocenters. The van der Waals surface area contributed by atoms with Crippen LogP contribution in [-0.2, 0) is 0 Å². The smallest absolute Gasteiger partial charge is 0.319 e. The number of carbonyl (C=O) groups is 1. The number of benzene rings is 2. The average molecular weight is 355 g/mol. The van der Waals surface area contributed by atoms with Gasteiger partial charge in [-0.1, -0.05) is 44.2 Å². The van der Waals surface area contributed by atoms with Gasteiger partial charge in [0.15, 0.2) is 11.5 Å². The minimum atomic E-state index is -0.239. The first-order valence-electron chi connectivity index (χ1n) is 8.94. The molecule has 2 N–H and O–H groups in total. The third kappa shape index (κ3) is 4.26. The molecule has 2 aromatic rings. The van der Waals surface area contributed by atoms with Crippen molar-refractivity contribution < 1.29 is 14.3 Å². The van der Waals surface area contributed by atoms with Crippen LogP contribution in [0.3, 0.4) is 0 Å². The fourth-order valence-electron chi connectivity index (χ4n) is 3.14. The van der Waals surface area contributed by atoms with E-state index in [4.69, 9.17) is 9.47 Å². The first kappa shape index (κ1) is 18.1. The molecule has 0 radical (unpaired) electrons. The van der Waals surface area contributed by atoms with Crippen molar-refractivity contribution in [2.45, 2.75) is 19.9 Å². The Labute approximate surface area is 154 Å². The van der Waals surface area contributed by atoms with Gasteiger partial charge in [0.05, 0.1) is 6.04 Å². The van der Waals surface area contributed by atoms with Crippen LogP contribution in [0.4, 0.5) is 10.5 Å². The Morgan fingerprint density at radius 3 is 2.54 bits per heavy atom. The quantitative estimate of drug-likeness (QED) is 0.796. The molecular weight excluding hydrogens is 330 g/mol. The van der Waals surface area contributed by atoms with Gasteiger partial charge in [-0.05, 0) is 30.8 Å². The standard InChI is InChI=1S/C20H25N3O3/c1-3-23(4-2)17(15-8-6-5-7-9-15)13-21-20(24)22-16-10-11-18-19(12-16)26-14-25-18/h5-12,17H,3-4,13-14H2,1-2H3,(H2,21,22,24)/t17-/m0/s1. The number of carbonyl (C=O) groups excluding carboxylic acids is 1. The second-order valence-corrected chi connectivity index (χ2v) is 6.05. The Morgan fingerprint density at radius 1 is 1.08 bits per heavy atom. The van der Waals surface area contributed by atoms with E-state index in [0.29, 0.717) is 23.7 Å². The maximum atomic E-state index is 12.3. The summed E-state index contributed by atoms with van der Waals surface area (Å²) in [6.07, 6.45) is 0. The number of nitrogens with one attached hydrogen (secondary N) is 2. The number of nitrogens with zero attached hydrogens (tertiary/aromatic N) is 1. The number of fused-ring (bicyclic) bond motifs is 1. The third-order valence-electron chi connectivity index (χ3n) is 4.52. The molecular formula is C20H25N3O3. The third-order valence-corrected chi connectivity index (χ3v) is 4.52. The lowest BCUT2D eigenvalue weighted by Crippen LogP contribution is -2.39. The molecule has 0 bridgehead atoms. The van der Waals surface area contributed by atoms with Crippen molar-refractivity contribution in [2.75, 3.05) is 31.7 Å². The molecule has 0 aliphatic carbocycles. The summed E-state index contributed by atoms with van der Waals surface area (Å²) in [6, 6.07) is 15.5. The van der Waals surface area contributed by atoms with Gasteiger partial charge in [-0.2, -0.15) is 0 Å². The van der Waals surface area contributed by atoms with Gasteiger partial charge in [-0.3, -0.25) is 4.90 Å². The van der Waals surface area contributed by atoms with Crippen LogP contribution in [0, 0.1) is 0 Å². The molecule has 3 rings (SSSR count). The summed E-state index contributed by atoms with van der Waals surface area (Å²) in [5.74, 6) is 1.34. The van der Waals surface area contributed by atoms with Gasteiger partial charge in [-0.15, -0.1) is 0 Å².